The molecule has 0 spiro atoms. The largest absolute Gasteiger partial charge is 0.480 e. The molecule has 3 N–H and O–H groups in total. The first-order valence-corrected chi connectivity index (χ1v) is 8.04. The molecule has 3 atom stereocenters. The Morgan fingerprint density at radius 3 is 2.53 bits per heavy atom. The Kier molecular flexibility index (Phi) is 3.47. The molecular formula is C13H20N2O3S. The third-order valence-corrected chi connectivity index (χ3v) is 5.73. The summed E-state index contributed by atoms with van der Waals surface area (Å²) in [4.78, 5) is 25.3. The van der Waals surface area contributed by atoms with Gasteiger partial charge in [-0.2, -0.15) is 0 Å². The van der Waals surface area contributed by atoms with Gasteiger partial charge in [0, 0.05) is 18.2 Å². The van der Waals surface area contributed by atoms with Crippen LogP contribution in [0.2, 0.25) is 0 Å². The molecule has 0 radical (unpaired) electrons. The van der Waals surface area contributed by atoms with Gasteiger partial charge in [0.25, 0.3) is 0 Å². The number of thioether (sulfide) groups is 1. The first-order chi connectivity index (χ1) is 9.08. The van der Waals surface area contributed by atoms with Gasteiger partial charge in [0.1, 0.15) is 6.04 Å². The lowest BCUT2D eigenvalue weighted by Crippen LogP contribution is -2.48. The Balaban J connectivity index is 1.68. The van der Waals surface area contributed by atoms with Gasteiger partial charge in [-0.15, -0.1) is 11.8 Å². The minimum atomic E-state index is -0.885. The number of nitrogens with zero attached hydrogens (tertiary/aromatic N) is 1. The highest BCUT2D eigenvalue weighted by Gasteiger charge is 2.48. The van der Waals surface area contributed by atoms with E-state index in [-0.39, 0.29) is 17.3 Å². The van der Waals surface area contributed by atoms with Crippen molar-refractivity contribution in [2.75, 3.05) is 5.75 Å². The van der Waals surface area contributed by atoms with Crippen LogP contribution in [0.1, 0.15) is 32.1 Å². The zero-order chi connectivity index (χ0) is 13.6. The van der Waals surface area contributed by atoms with Crippen molar-refractivity contribution in [3.8, 4) is 0 Å². The van der Waals surface area contributed by atoms with Gasteiger partial charge in [0.05, 0.1) is 5.37 Å². The van der Waals surface area contributed by atoms with Crippen LogP contribution in [-0.2, 0) is 9.59 Å². The summed E-state index contributed by atoms with van der Waals surface area (Å²) < 4.78 is 0. The number of carboxylic acids is 1. The Hall–Kier alpha value is -0.750. The zero-order valence-corrected chi connectivity index (χ0v) is 11.6. The van der Waals surface area contributed by atoms with E-state index < -0.39 is 12.0 Å². The van der Waals surface area contributed by atoms with Gasteiger partial charge in [-0.25, -0.2) is 4.79 Å². The maximum absolute atomic E-state index is 12.4. The summed E-state index contributed by atoms with van der Waals surface area (Å²) in [6.07, 6.45) is 4.75. The van der Waals surface area contributed by atoms with Crippen molar-refractivity contribution in [2.24, 2.45) is 17.6 Å². The molecule has 2 saturated carbocycles. The van der Waals surface area contributed by atoms with Crippen LogP contribution in [0.5, 0.6) is 0 Å². The molecular weight excluding hydrogens is 264 g/mol. The van der Waals surface area contributed by atoms with E-state index in [1.54, 1.807) is 16.7 Å². The Morgan fingerprint density at radius 2 is 2.00 bits per heavy atom. The van der Waals surface area contributed by atoms with Gasteiger partial charge in [-0.1, -0.05) is 0 Å². The minimum absolute atomic E-state index is 0.0614. The lowest BCUT2D eigenvalue weighted by atomic mass is 10.1. The summed E-state index contributed by atoms with van der Waals surface area (Å²) in [5.74, 6) is 0.538. The summed E-state index contributed by atoms with van der Waals surface area (Å²) in [7, 11) is 0. The molecule has 0 aromatic heterocycles. The van der Waals surface area contributed by atoms with Gasteiger partial charge < -0.3 is 15.7 Å². The smallest absolute Gasteiger partial charge is 0.327 e. The molecule has 2 aliphatic carbocycles. The third kappa shape index (κ3) is 2.74. The molecule has 0 aromatic carbocycles. The minimum Gasteiger partial charge on any atom is -0.480 e. The third-order valence-electron chi connectivity index (χ3n) is 4.27. The molecule has 19 heavy (non-hydrogen) atoms. The van der Waals surface area contributed by atoms with Crippen molar-refractivity contribution in [2.45, 2.75) is 49.6 Å². The van der Waals surface area contributed by atoms with E-state index in [0.29, 0.717) is 24.0 Å². The maximum Gasteiger partial charge on any atom is 0.327 e. The van der Waals surface area contributed by atoms with Crippen molar-refractivity contribution >= 4 is 23.6 Å². The maximum atomic E-state index is 12.4. The zero-order valence-electron chi connectivity index (χ0n) is 10.8. The molecule has 3 rings (SSSR count). The van der Waals surface area contributed by atoms with Gasteiger partial charge in [0.15, 0.2) is 0 Å². The lowest BCUT2D eigenvalue weighted by Gasteiger charge is -2.28. The fourth-order valence-electron chi connectivity index (χ4n) is 2.78. The second-order valence-corrected chi connectivity index (χ2v) is 7.07. The molecule has 1 amide bonds. The van der Waals surface area contributed by atoms with Crippen molar-refractivity contribution in [1.29, 1.82) is 0 Å². The van der Waals surface area contributed by atoms with Gasteiger partial charge in [-0.3, -0.25) is 4.79 Å². The number of aliphatic carboxylic acids is 1. The number of hydrogen-bond acceptors (Lipinski definition) is 4. The first-order valence-electron chi connectivity index (χ1n) is 6.99. The average molecular weight is 284 g/mol. The highest BCUT2D eigenvalue weighted by atomic mass is 32.2. The standard InChI is InChI=1S/C13H20N2O3S/c14-9(7-1-2-7)5-11(16)15-10(13(17)18)6-19-12(15)8-3-4-8/h7-10,12H,1-6,14H2,(H,17,18). The van der Waals surface area contributed by atoms with Crippen LogP contribution >= 0.6 is 11.8 Å². The molecule has 1 aliphatic heterocycles. The Bertz CT molecular complexity index is 395. The number of carbonyl (C=O) groups is 2. The molecule has 1 heterocycles. The van der Waals surface area contributed by atoms with Crippen LogP contribution in [0.25, 0.3) is 0 Å². The number of nitrogens with two attached hydrogens (primary N) is 1. The van der Waals surface area contributed by atoms with E-state index in [9.17, 15) is 14.7 Å². The molecule has 5 nitrogen and oxygen atoms in total. The molecule has 1 saturated heterocycles. The number of carboxylic acid groups (broad SMARTS) is 1. The van der Waals surface area contributed by atoms with Crippen molar-refractivity contribution in [3.05, 3.63) is 0 Å². The van der Waals surface area contributed by atoms with Crippen LogP contribution in [0.15, 0.2) is 0 Å². The van der Waals surface area contributed by atoms with E-state index >= 15 is 0 Å². The fourth-order valence-corrected chi connectivity index (χ4v) is 4.43. The average Bonchev–Trinajstić information content (AvgIpc) is 3.24. The van der Waals surface area contributed by atoms with Gasteiger partial charge in [-0.05, 0) is 37.5 Å². The first kappa shape index (κ1) is 13.2. The van der Waals surface area contributed by atoms with E-state index in [2.05, 4.69) is 0 Å². The SMILES string of the molecule is NC(CC(=O)N1C(C(=O)O)CSC1C1CC1)C1CC1. The highest BCUT2D eigenvalue weighted by molar-refractivity contribution is 8.00. The topological polar surface area (TPSA) is 83.6 Å². The molecule has 3 fully saturated rings. The van der Waals surface area contributed by atoms with Crippen molar-refractivity contribution < 1.29 is 14.7 Å². The van der Waals surface area contributed by atoms with E-state index in [1.807, 2.05) is 0 Å². The number of amides is 1. The van der Waals surface area contributed by atoms with Crippen molar-refractivity contribution in [3.63, 3.8) is 0 Å². The molecule has 0 bridgehead atoms. The fraction of sp³-hybridized carbons (Fsp3) is 0.846. The molecule has 106 valence electrons. The lowest BCUT2D eigenvalue weighted by molar-refractivity contribution is -0.149. The predicted molar refractivity (Wildman–Crippen MR) is 72.6 cm³/mol. The van der Waals surface area contributed by atoms with Gasteiger partial charge >= 0.3 is 5.97 Å². The molecule has 3 aliphatic rings. The summed E-state index contributed by atoms with van der Waals surface area (Å²) >= 11 is 1.62. The quantitative estimate of drug-likeness (QED) is 0.783. The summed E-state index contributed by atoms with van der Waals surface area (Å²) in [6, 6.07) is -0.748. The summed E-state index contributed by atoms with van der Waals surface area (Å²) in [5, 5.41) is 9.34. The van der Waals surface area contributed by atoms with E-state index in [1.165, 1.54) is 0 Å². The Morgan fingerprint density at radius 1 is 1.32 bits per heavy atom. The highest BCUT2D eigenvalue weighted by Crippen LogP contribution is 2.46. The number of hydrogen-bond donors (Lipinski definition) is 2. The van der Waals surface area contributed by atoms with E-state index in [0.717, 1.165) is 25.7 Å². The predicted octanol–water partition coefficient (Wildman–Crippen LogP) is 0.879. The molecule has 3 unspecified atom stereocenters. The van der Waals surface area contributed by atoms with E-state index in [4.69, 9.17) is 5.73 Å². The molecule has 6 heteroatoms. The summed E-state index contributed by atoms with van der Waals surface area (Å²) in [5.41, 5.74) is 6.00. The molecule has 0 aromatic rings. The monoisotopic (exact) mass is 284 g/mol. The number of carbonyl (C=O) groups excluding carboxylic acids is 1. The number of rotatable bonds is 5. The second-order valence-electron chi connectivity index (χ2n) is 5.92. The van der Waals surface area contributed by atoms with Crippen LogP contribution in [0, 0.1) is 11.8 Å². The van der Waals surface area contributed by atoms with Crippen LogP contribution < -0.4 is 5.73 Å². The normalized spacial score (nSPS) is 32.4. The van der Waals surface area contributed by atoms with Crippen LogP contribution in [0.4, 0.5) is 0 Å². The Labute approximate surface area is 116 Å². The van der Waals surface area contributed by atoms with Crippen LogP contribution in [-0.4, -0.2) is 45.1 Å². The van der Waals surface area contributed by atoms with Gasteiger partial charge in [0.2, 0.25) is 5.91 Å². The summed E-state index contributed by atoms with van der Waals surface area (Å²) in [6.45, 7) is 0. The van der Waals surface area contributed by atoms with Crippen LogP contribution in [0.3, 0.4) is 0 Å². The second kappa shape index (κ2) is 4.98. The van der Waals surface area contributed by atoms with Crippen molar-refractivity contribution in [1.82, 2.24) is 4.90 Å².